The number of hydrogen-bond acceptors (Lipinski definition) is 4. The molecule has 0 unspecified atom stereocenters. The standard InChI is InChI=1S/C12H17NO3S/c1-16-12-5-3-2-4-11(12)9-17(14,15)8-10-6-13-7-10/h2-5,10,13H,6-9H2,1H3. The number of benzene rings is 1. The summed E-state index contributed by atoms with van der Waals surface area (Å²) in [6, 6.07) is 7.26. The van der Waals surface area contributed by atoms with Crippen LogP contribution in [0.2, 0.25) is 0 Å². The summed E-state index contributed by atoms with van der Waals surface area (Å²) in [6.45, 7) is 1.62. The Bertz CT molecular complexity index is 480. The lowest BCUT2D eigenvalue weighted by Crippen LogP contribution is -2.45. The molecule has 0 amide bonds. The number of methoxy groups -OCH3 is 1. The van der Waals surface area contributed by atoms with Crippen LogP contribution in [0.5, 0.6) is 5.75 Å². The summed E-state index contributed by atoms with van der Waals surface area (Å²) >= 11 is 0. The predicted molar refractivity (Wildman–Crippen MR) is 66.8 cm³/mol. The van der Waals surface area contributed by atoms with Gasteiger partial charge < -0.3 is 10.1 Å². The van der Waals surface area contributed by atoms with E-state index in [0.29, 0.717) is 5.75 Å². The van der Waals surface area contributed by atoms with Crippen LogP contribution in [-0.2, 0) is 15.6 Å². The summed E-state index contributed by atoms with van der Waals surface area (Å²) in [7, 11) is -1.49. The molecular weight excluding hydrogens is 238 g/mol. The number of hydrogen-bond donors (Lipinski definition) is 1. The van der Waals surface area contributed by atoms with Crippen LogP contribution in [0.25, 0.3) is 0 Å². The summed E-state index contributed by atoms with van der Waals surface area (Å²) < 4.78 is 29.1. The summed E-state index contributed by atoms with van der Waals surface area (Å²) in [5, 5.41) is 3.08. The number of ether oxygens (including phenoxy) is 1. The molecule has 0 aromatic heterocycles. The van der Waals surface area contributed by atoms with E-state index in [1.165, 1.54) is 0 Å². The van der Waals surface area contributed by atoms with Gasteiger partial charge in [0.05, 0.1) is 18.6 Å². The maximum absolute atomic E-state index is 12.0. The average Bonchev–Trinajstić information content (AvgIpc) is 2.24. The van der Waals surface area contributed by atoms with E-state index in [-0.39, 0.29) is 17.4 Å². The molecule has 1 N–H and O–H groups in total. The summed E-state index contributed by atoms with van der Waals surface area (Å²) in [5.41, 5.74) is 0.738. The predicted octanol–water partition coefficient (Wildman–Crippen LogP) is 0.829. The second-order valence-corrected chi connectivity index (χ2v) is 6.50. The van der Waals surface area contributed by atoms with Gasteiger partial charge in [0.1, 0.15) is 5.75 Å². The Labute approximate surface area is 102 Å². The zero-order chi connectivity index (χ0) is 12.3. The normalized spacial score (nSPS) is 16.5. The van der Waals surface area contributed by atoms with Crippen LogP contribution in [-0.4, -0.2) is 34.4 Å². The molecule has 94 valence electrons. The lowest BCUT2D eigenvalue weighted by molar-refractivity contribution is 0.378. The van der Waals surface area contributed by atoms with Gasteiger partial charge in [-0.3, -0.25) is 0 Å². The molecule has 0 radical (unpaired) electrons. The fourth-order valence-electron chi connectivity index (χ4n) is 1.94. The number of rotatable bonds is 5. The molecule has 2 rings (SSSR count). The second kappa shape index (κ2) is 5.06. The van der Waals surface area contributed by atoms with Crippen molar-refractivity contribution in [2.45, 2.75) is 5.75 Å². The van der Waals surface area contributed by atoms with Gasteiger partial charge in [-0.15, -0.1) is 0 Å². The molecule has 1 fully saturated rings. The molecule has 1 aliphatic rings. The SMILES string of the molecule is COc1ccccc1CS(=O)(=O)CC1CNC1. The van der Waals surface area contributed by atoms with Gasteiger partial charge >= 0.3 is 0 Å². The van der Waals surface area contributed by atoms with Crippen LogP contribution in [0.4, 0.5) is 0 Å². The van der Waals surface area contributed by atoms with Crippen LogP contribution in [0.1, 0.15) is 5.56 Å². The van der Waals surface area contributed by atoms with E-state index in [0.717, 1.165) is 18.7 Å². The van der Waals surface area contributed by atoms with Crippen LogP contribution in [0.15, 0.2) is 24.3 Å². The van der Waals surface area contributed by atoms with E-state index in [4.69, 9.17) is 4.74 Å². The molecular formula is C12H17NO3S. The first-order valence-electron chi connectivity index (χ1n) is 5.64. The monoisotopic (exact) mass is 255 g/mol. The molecule has 0 spiro atoms. The lowest BCUT2D eigenvalue weighted by Gasteiger charge is -2.26. The lowest BCUT2D eigenvalue weighted by atomic mass is 10.1. The molecule has 1 aromatic rings. The zero-order valence-electron chi connectivity index (χ0n) is 9.85. The van der Waals surface area contributed by atoms with Crippen LogP contribution >= 0.6 is 0 Å². The summed E-state index contributed by atoms with van der Waals surface area (Å²) in [6.07, 6.45) is 0. The Hall–Kier alpha value is -1.07. The minimum Gasteiger partial charge on any atom is -0.496 e. The molecule has 0 bridgehead atoms. The van der Waals surface area contributed by atoms with Crippen molar-refractivity contribution >= 4 is 9.84 Å². The number of sulfone groups is 1. The largest absolute Gasteiger partial charge is 0.496 e. The van der Waals surface area contributed by atoms with Crippen molar-refractivity contribution in [1.82, 2.24) is 5.32 Å². The van der Waals surface area contributed by atoms with E-state index in [1.807, 2.05) is 12.1 Å². The summed E-state index contributed by atoms with van der Waals surface area (Å²) in [4.78, 5) is 0. The Morgan fingerprint density at radius 2 is 2.06 bits per heavy atom. The van der Waals surface area contributed by atoms with Gasteiger partial charge in [-0.2, -0.15) is 0 Å². The van der Waals surface area contributed by atoms with Crippen molar-refractivity contribution in [3.05, 3.63) is 29.8 Å². The van der Waals surface area contributed by atoms with E-state index in [2.05, 4.69) is 5.32 Å². The van der Waals surface area contributed by atoms with Gasteiger partial charge in [0, 0.05) is 18.7 Å². The van der Waals surface area contributed by atoms with Crippen molar-refractivity contribution < 1.29 is 13.2 Å². The molecule has 1 aromatic carbocycles. The smallest absolute Gasteiger partial charge is 0.154 e. The molecule has 1 saturated heterocycles. The average molecular weight is 255 g/mol. The third-order valence-corrected chi connectivity index (χ3v) is 4.65. The van der Waals surface area contributed by atoms with Crippen molar-refractivity contribution in [2.24, 2.45) is 5.92 Å². The Balaban J connectivity index is 2.08. The van der Waals surface area contributed by atoms with E-state index in [1.54, 1.807) is 19.2 Å². The van der Waals surface area contributed by atoms with Gasteiger partial charge in [0.15, 0.2) is 9.84 Å². The molecule has 0 aliphatic carbocycles. The van der Waals surface area contributed by atoms with E-state index in [9.17, 15) is 8.42 Å². The fraction of sp³-hybridized carbons (Fsp3) is 0.500. The molecule has 0 saturated carbocycles. The van der Waals surface area contributed by atoms with Crippen LogP contribution < -0.4 is 10.1 Å². The molecule has 17 heavy (non-hydrogen) atoms. The molecule has 0 atom stereocenters. The third kappa shape index (κ3) is 3.20. The highest BCUT2D eigenvalue weighted by molar-refractivity contribution is 7.90. The highest BCUT2D eigenvalue weighted by atomic mass is 32.2. The van der Waals surface area contributed by atoms with Gasteiger partial charge in [-0.25, -0.2) is 8.42 Å². The molecule has 4 nitrogen and oxygen atoms in total. The van der Waals surface area contributed by atoms with E-state index >= 15 is 0 Å². The highest BCUT2D eigenvalue weighted by Crippen LogP contribution is 2.21. The van der Waals surface area contributed by atoms with Gasteiger partial charge in [0.2, 0.25) is 0 Å². The maximum Gasteiger partial charge on any atom is 0.154 e. The Kier molecular flexibility index (Phi) is 3.69. The summed E-state index contributed by atoms with van der Waals surface area (Å²) in [5.74, 6) is 1.24. The molecule has 1 heterocycles. The minimum atomic E-state index is -3.05. The van der Waals surface area contributed by atoms with Gasteiger partial charge in [-0.05, 0) is 12.0 Å². The van der Waals surface area contributed by atoms with Crippen molar-refractivity contribution in [1.29, 1.82) is 0 Å². The minimum absolute atomic E-state index is 0.0630. The van der Waals surface area contributed by atoms with Crippen LogP contribution in [0, 0.1) is 5.92 Å². The highest BCUT2D eigenvalue weighted by Gasteiger charge is 2.25. The number of para-hydroxylation sites is 1. The zero-order valence-corrected chi connectivity index (χ0v) is 10.7. The maximum atomic E-state index is 12.0. The first-order chi connectivity index (χ1) is 8.11. The quantitative estimate of drug-likeness (QED) is 0.846. The Morgan fingerprint density at radius 1 is 1.35 bits per heavy atom. The topological polar surface area (TPSA) is 55.4 Å². The van der Waals surface area contributed by atoms with Crippen molar-refractivity contribution in [2.75, 3.05) is 26.0 Å². The molecule has 5 heteroatoms. The molecule has 1 aliphatic heterocycles. The van der Waals surface area contributed by atoms with Crippen molar-refractivity contribution in [3.63, 3.8) is 0 Å². The first kappa shape index (κ1) is 12.4. The first-order valence-corrected chi connectivity index (χ1v) is 7.46. The second-order valence-electron chi connectivity index (χ2n) is 4.39. The van der Waals surface area contributed by atoms with Gasteiger partial charge in [0.25, 0.3) is 0 Å². The third-order valence-electron chi connectivity index (χ3n) is 2.92. The Morgan fingerprint density at radius 3 is 2.65 bits per heavy atom. The van der Waals surface area contributed by atoms with E-state index < -0.39 is 9.84 Å². The van der Waals surface area contributed by atoms with Crippen molar-refractivity contribution in [3.8, 4) is 5.75 Å². The van der Waals surface area contributed by atoms with Gasteiger partial charge in [-0.1, -0.05) is 18.2 Å². The number of nitrogens with one attached hydrogen (secondary N) is 1. The van der Waals surface area contributed by atoms with Crippen LogP contribution in [0.3, 0.4) is 0 Å². The fourth-order valence-corrected chi connectivity index (χ4v) is 3.73.